The second kappa shape index (κ2) is 7.59. The molecule has 128 valence electrons. The summed E-state index contributed by atoms with van der Waals surface area (Å²) in [5, 5.41) is 9.12. The molecule has 0 radical (unpaired) electrons. The van der Waals surface area contributed by atoms with Gasteiger partial charge in [-0.2, -0.15) is 5.26 Å². The molecular weight excluding hydrogens is 328 g/mol. The fraction of sp³-hybridized carbons (Fsp3) is 0. The summed E-state index contributed by atoms with van der Waals surface area (Å²) in [5.41, 5.74) is 6.13. The molecule has 0 heterocycles. The Hall–Kier alpha value is -3.83. The second-order valence-electron chi connectivity index (χ2n) is 6.25. The fourth-order valence-electron chi connectivity index (χ4n) is 3.17. The number of rotatable bonds is 4. The van der Waals surface area contributed by atoms with E-state index in [4.69, 9.17) is 5.26 Å². The van der Waals surface area contributed by atoms with Gasteiger partial charge in [0.2, 0.25) is 0 Å². The Balaban J connectivity index is 1.74. The van der Waals surface area contributed by atoms with Crippen LogP contribution in [0.2, 0.25) is 0 Å². The Bertz CT molecular complexity index is 1020. The number of para-hydroxylation sites is 2. The van der Waals surface area contributed by atoms with E-state index in [0.717, 1.165) is 28.2 Å². The summed E-state index contributed by atoms with van der Waals surface area (Å²) < 4.78 is 0. The monoisotopic (exact) mass is 346 g/mol. The molecule has 0 saturated heterocycles. The average molecular weight is 346 g/mol. The lowest BCUT2D eigenvalue weighted by atomic mass is 10.0. The standard InChI is InChI=1S/C25H18N2/c26-19-20-8-7-9-22(18-20)21-14-16-25(17-15-21)27(23-10-3-1-4-11-23)24-12-5-2-6-13-24/h1-18H. The van der Waals surface area contributed by atoms with Gasteiger partial charge in [-0.1, -0.05) is 60.7 Å². The molecule has 27 heavy (non-hydrogen) atoms. The minimum absolute atomic E-state index is 0.673. The van der Waals surface area contributed by atoms with Crippen molar-refractivity contribution >= 4 is 17.1 Å². The van der Waals surface area contributed by atoms with Crippen LogP contribution in [0.5, 0.6) is 0 Å². The molecule has 0 aliphatic rings. The van der Waals surface area contributed by atoms with E-state index in [9.17, 15) is 0 Å². The number of nitrogens with zero attached hydrogens (tertiary/aromatic N) is 2. The summed E-state index contributed by atoms with van der Waals surface area (Å²) in [4.78, 5) is 2.23. The Morgan fingerprint density at radius 1 is 0.519 bits per heavy atom. The van der Waals surface area contributed by atoms with E-state index in [0.29, 0.717) is 5.56 Å². The van der Waals surface area contributed by atoms with E-state index in [1.54, 1.807) is 0 Å². The quantitative estimate of drug-likeness (QED) is 0.411. The van der Waals surface area contributed by atoms with E-state index in [-0.39, 0.29) is 0 Å². The third kappa shape index (κ3) is 3.58. The van der Waals surface area contributed by atoms with Crippen molar-refractivity contribution in [2.75, 3.05) is 4.90 Å². The molecule has 0 aliphatic heterocycles. The highest BCUT2D eigenvalue weighted by molar-refractivity contribution is 5.78. The molecule has 0 aromatic heterocycles. The van der Waals surface area contributed by atoms with Crippen molar-refractivity contribution in [3.63, 3.8) is 0 Å². The molecule has 0 amide bonds. The molecule has 0 fully saturated rings. The molecule has 2 nitrogen and oxygen atoms in total. The summed E-state index contributed by atoms with van der Waals surface area (Å²) in [6, 6.07) is 39.0. The SMILES string of the molecule is N#Cc1cccc(-c2ccc(N(c3ccccc3)c3ccccc3)cc2)c1. The van der Waals surface area contributed by atoms with Crippen LogP contribution in [0.25, 0.3) is 11.1 Å². The third-order valence-electron chi connectivity index (χ3n) is 4.48. The zero-order valence-corrected chi connectivity index (χ0v) is 14.8. The first-order chi connectivity index (χ1) is 13.3. The summed E-state index contributed by atoms with van der Waals surface area (Å²) in [5.74, 6) is 0. The van der Waals surface area contributed by atoms with E-state index >= 15 is 0 Å². The van der Waals surface area contributed by atoms with Crippen LogP contribution in [-0.4, -0.2) is 0 Å². The molecule has 0 bridgehead atoms. The van der Waals surface area contributed by atoms with Crippen LogP contribution in [0.4, 0.5) is 17.1 Å². The smallest absolute Gasteiger partial charge is 0.0991 e. The lowest BCUT2D eigenvalue weighted by molar-refractivity contribution is 1.28. The van der Waals surface area contributed by atoms with E-state index in [1.165, 1.54) is 0 Å². The summed E-state index contributed by atoms with van der Waals surface area (Å²) in [6.45, 7) is 0. The number of hydrogen-bond donors (Lipinski definition) is 0. The van der Waals surface area contributed by atoms with Crippen LogP contribution < -0.4 is 4.90 Å². The highest BCUT2D eigenvalue weighted by Crippen LogP contribution is 2.35. The average Bonchev–Trinajstić information content (AvgIpc) is 2.76. The van der Waals surface area contributed by atoms with Crippen molar-refractivity contribution in [3.05, 3.63) is 115 Å². The van der Waals surface area contributed by atoms with Crippen LogP contribution in [0.1, 0.15) is 5.56 Å². The molecule has 0 atom stereocenters. The maximum absolute atomic E-state index is 9.12. The van der Waals surface area contributed by atoms with Crippen LogP contribution in [0.15, 0.2) is 109 Å². The molecule has 4 aromatic rings. The van der Waals surface area contributed by atoms with Gasteiger partial charge >= 0.3 is 0 Å². The Morgan fingerprint density at radius 2 is 1.07 bits per heavy atom. The van der Waals surface area contributed by atoms with Gasteiger partial charge in [-0.25, -0.2) is 0 Å². The van der Waals surface area contributed by atoms with Gasteiger partial charge in [-0.15, -0.1) is 0 Å². The third-order valence-corrected chi connectivity index (χ3v) is 4.48. The van der Waals surface area contributed by atoms with Crippen LogP contribution in [-0.2, 0) is 0 Å². The number of nitriles is 1. The van der Waals surface area contributed by atoms with Crippen LogP contribution in [0.3, 0.4) is 0 Å². The molecule has 0 saturated carbocycles. The Labute approximate surface area is 159 Å². The lowest BCUT2D eigenvalue weighted by Crippen LogP contribution is -2.09. The first-order valence-electron chi connectivity index (χ1n) is 8.86. The number of hydrogen-bond acceptors (Lipinski definition) is 2. The predicted molar refractivity (Wildman–Crippen MR) is 111 cm³/mol. The lowest BCUT2D eigenvalue weighted by Gasteiger charge is -2.25. The fourth-order valence-corrected chi connectivity index (χ4v) is 3.17. The molecule has 0 spiro atoms. The molecule has 4 aromatic carbocycles. The van der Waals surface area contributed by atoms with Gasteiger partial charge < -0.3 is 4.90 Å². The minimum Gasteiger partial charge on any atom is -0.311 e. The van der Waals surface area contributed by atoms with Crippen LogP contribution in [0, 0.1) is 11.3 Å². The van der Waals surface area contributed by atoms with Gasteiger partial charge in [0, 0.05) is 17.1 Å². The van der Waals surface area contributed by atoms with Crippen molar-refractivity contribution in [2.24, 2.45) is 0 Å². The highest BCUT2D eigenvalue weighted by Gasteiger charge is 2.11. The van der Waals surface area contributed by atoms with E-state index < -0.39 is 0 Å². The van der Waals surface area contributed by atoms with Gasteiger partial charge in [-0.05, 0) is 59.7 Å². The summed E-state index contributed by atoms with van der Waals surface area (Å²) in [7, 11) is 0. The molecule has 0 aliphatic carbocycles. The predicted octanol–water partition coefficient (Wildman–Crippen LogP) is 6.70. The van der Waals surface area contributed by atoms with Gasteiger partial charge in [0.1, 0.15) is 0 Å². The van der Waals surface area contributed by atoms with Crippen molar-refractivity contribution in [1.82, 2.24) is 0 Å². The number of anilines is 3. The van der Waals surface area contributed by atoms with Crippen LogP contribution >= 0.6 is 0 Å². The summed E-state index contributed by atoms with van der Waals surface area (Å²) in [6.07, 6.45) is 0. The molecular formula is C25H18N2. The maximum atomic E-state index is 9.12. The summed E-state index contributed by atoms with van der Waals surface area (Å²) >= 11 is 0. The van der Waals surface area contributed by atoms with Gasteiger partial charge in [0.05, 0.1) is 11.6 Å². The first kappa shape index (κ1) is 16.6. The highest BCUT2D eigenvalue weighted by atomic mass is 15.1. The van der Waals surface area contributed by atoms with E-state index in [1.807, 2.05) is 60.7 Å². The van der Waals surface area contributed by atoms with Crippen molar-refractivity contribution in [1.29, 1.82) is 5.26 Å². The normalized spacial score (nSPS) is 10.2. The van der Waals surface area contributed by atoms with Gasteiger partial charge in [-0.3, -0.25) is 0 Å². The topological polar surface area (TPSA) is 27.0 Å². The van der Waals surface area contributed by atoms with Gasteiger partial charge in [0.25, 0.3) is 0 Å². The van der Waals surface area contributed by atoms with Crippen molar-refractivity contribution < 1.29 is 0 Å². The molecule has 0 N–H and O–H groups in total. The Kier molecular flexibility index (Phi) is 4.68. The first-order valence-corrected chi connectivity index (χ1v) is 8.86. The second-order valence-corrected chi connectivity index (χ2v) is 6.25. The maximum Gasteiger partial charge on any atom is 0.0991 e. The molecule has 0 unspecified atom stereocenters. The largest absolute Gasteiger partial charge is 0.311 e. The molecule has 4 rings (SSSR count). The number of benzene rings is 4. The zero-order chi connectivity index (χ0) is 18.5. The van der Waals surface area contributed by atoms with E-state index in [2.05, 4.69) is 59.5 Å². The van der Waals surface area contributed by atoms with Crippen molar-refractivity contribution in [3.8, 4) is 17.2 Å². The molecule has 2 heteroatoms. The Morgan fingerprint density at radius 3 is 1.63 bits per heavy atom. The van der Waals surface area contributed by atoms with Gasteiger partial charge in [0.15, 0.2) is 0 Å². The zero-order valence-electron chi connectivity index (χ0n) is 14.8. The van der Waals surface area contributed by atoms with Crippen molar-refractivity contribution in [2.45, 2.75) is 0 Å². The minimum atomic E-state index is 0.673.